The Kier molecular flexibility index (Phi) is 21.7. The standard InChI is InChI=1S/C31H47NO4S6/c1-4-5-6-7-8-9-10-11-12-13-14-15-16-17-18-19-22-37-28-29(38-23-20-21-32)42-31(41-28)30-39-24(26(33)35-2)25(40-30)27(34)36-3/h4-20,22-23H2,1-3H3. The van der Waals surface area contributed by atoms with E-state index < -0.39 is 11.9 Å². The van der Waals surface area contributed by atoms with Crippen molar-refractivity contribution in [3.63, 3.8) is 0 Å². The number of methoxy groups -OCH3 is 2. The monoisotopic (exact) mass is 689 g/mol. The molecule has 0 atom stereocenters. The van der Waals surface area contributed by atoms with Gasteiger partial charge in [0.05, 0.1) is 37.2 Å². The minimum atomic E-state index is -0.522. The minimum absolute atomic E-state index is 0.283. The van der Waals surface area contributed by atoms with E-state index in [0.29, 0.717) is 6.42 Å². The van der Waals surface area contributed by atoms with Gasteiger partial charge in [0.1, 0.15) is 9.81 Å². The molecule has 0 aromatic carbocycles. The Hall–Kier alpha value is -0.250. The molecule has 2 aliphatic heterocycles. The molecule has 0 bridgehead atoms. The minimum Gasteiger partial charge on any atom is -0.465 e. The summed E-state index contributed by atoms with van der Waals surface area (Å²) >= 11 is 9.57. The van der Waals surface area contributed by atoms with Gasteiger partial charge in [-0.15, -0.1) is 23.5 Å². The number of hydrogen-bond acceptors (Lipinski definition) is 11. The van der Waals surface area contributed by atoms with Crippen molar-refractivity contribution in [2.45, 2.75) is 116 Å². The van der Waals surface area contributed by atoms with Crippen LogP contribution in [0.2, 0.25) is 0 Å². The Morgan fingerprint density at radius 2 is 1.00 bits per heavy atom. The van der Waals surface area contributed by atoms with E-state index in [9.17, 15) is 9.59 Å². The van der Waals surface area contributed by atoms with Crippen LogP contribution in [0.1, 0.15) is 116 Å². The number of rotatable bonds is 23. The van der Waals surface area contributed by atoms with Crippen LogP contribution in [-0.4, -0.2) is 37.7 Å². The van der Waals surface area contributed by atoms with Crippen molar-refractivity contribution in [1.82, 2.24) is 0 Å². The Balaban J connectivity index is 1.67. The van der Waals surface area contributed by atoms with Gasteiger partial charge in [0.15, 0.2) is 0 Å². The van der Waals surface area contributed by atoms with Gasteiger partial charge in [0, 0.05) is 12.2 Å². The normalized spacial score (nSPS) is 15.1. The third-order valence-electron chi connectivity index (χ3n) is 6.72. The molecule has 0 aliphatic carbocycles. The second kappa shape index (κ2) is 24.0. The molecular formula is C31H47NO4S6. The van der Waals surface area contributed by atoms with Gasteiger partial charge >= 0.3 is 11.9 Å². The first kappa shape index (κ1) is 37.9. The highest BCUT2D eigenvalue weighted by Crippen LogP contribution is 2.63. The fraction of sp³-hybridized carbons (Fsp3) is 0.710. The summed E-state index contributed by atoms with van der Waals surface area (Å²) < 4.78 is 14.2. The van der Waals surface area contributed by atoms with Gasteiger partial charge in [0.25, 0.3) is 0 Å². The zero-order valence-electron chi connectivity index (χ0n) is 25.5. The molecule has 2 heterocycles. The fourth-order valence-corrected chi connectivity index (χ4v) is 13.0. The van der Waals surface area contributed by atoms with Gasteiger partial charge in [-0.05, 0) is 12.2 Å². The number of carbonyl (C=O) groups is 2. The maximum absolute atomic E-state index is 12.3. The van der Waals surface area contributed by atoms with E-state index in [1.54, 1.807) is 35.3 Å². The summed E-state index contributed by atoms with van der Waals surface area (Å²) in [7, 11) is 2.64. The number of nitriles is 1. The van der Waals surface area contributed by atoms with Crippen LogP contribution >= 0.6 is 70.6 Å². The molecule has 5 nitrogen and oxygen atoms in total. The SMILES string of the molecule is CCCCCCCCCCCCCCCCCCSC1=C(SCCC#N)SC(=C2SC(C(=O)OC)=C(C(=O)OC)S2)S1. The van der Waals surface area contributed by atoms with Gasteiger partial charge < -0.3 is 9.47 Å². The van der Waals surface area contributed by atoms with Crippen molar-refractivity contribution in [2.24, 2.45) is 0 Å². The van der Waals surface area contributed by atoms with E-state index in [4.69, 9.17) is 14.7 Å². The van der Waals surface area contributed by atoms with Crippen LogP contribution in [0.15, 0.2) is 26.8 Å². The lowest BCUT2D eigenvalue weighted by Gasteiger charge is -2.05. The molecule has 11 heteroatoms. The van der Waals surface area contributed by atoms with Crippen LogP contribution in [0.5, 0.6) is 0 Å². The number of ether oxygens (including phenoxy) is 2. The lowest BCUT2D eigenvalue weighted by molar-refractivity contribution is -0.138. The second-order valence-corrected chi connectivity index (χ2v) is 17.4. The lowest BCUT2D eigenvalue weighted by Crippen LogP contribution is -2.08. The van der Waals surface area contributed by atoms with Crippen LogP contribution in [0.4, 0.5) is 0 Å². The van der Waals surface area contributed by atoms with Gasteiger partial charge in [-0.3, -0.25) is 0 Å². The van der Waals surface area contributed by atoms with Crippen LogP contribution in [0, 0.1) is 11.3 Å². The highest BCUT2D eigenvalue weighted by atomic mass is 32.3. The summed E-state index contributed by atoms with van der Waals surface area (Å²) in [6, 6.07) is 2.23. The average Bonchev–Trinajstić information content (AvgIpc) is 3.63. The largest absolute Gasteiger partial charge is 0.465 e. The Labute approximate surface area is 279 Å². The predicted octanol–water partition coefficient (Wildman–Crippen LogP) is 11.4. The Morgan fingerprint density at radius 1 is 0.619 bits per heavy atom. The molecule has 0 N–H and O–H groups in total. The molecule has 0 amide bonds. The van der Waals surface area contributed by atoms with Crippen molar-refractivity contribution < 1.29 is 19.1 Å². The maximum Gasteiger partial charge on any atom is 0.346 e. The van der Waals surface area contributed by atoms with E-state index in [1.807, 2.05) is 11.8 Å². The van der Waals surface area contributed by atoms with Gasteiger partial charge in [-0.2, -0.15) is 5.26 Å². The predicted molar refractivity (Wildman–Crippen MR) is 190 cm³/mol. The van der Waals surface area contributed by atoms with Crippen LogP contribution < -0.4 is 0 Å². The Bertz CT molecular complexity index is 958. The summed E-state index contributed by atoms with van der Waals surface area (Å²) in [5.41, 5.74) is 0. The molecule has 0 saturated heterocycles. The smallest absolute Gasteiger partial charge is 0.346 e. The quantitative estimate of drug-likeness (QED) is 0.0759. The molecule has 0 radical (unpaired) electrons. The van der Waals surface area contributed by atoms with Gasteiger partial charge in [-0.25, -0.2) is 9.59 Å². The molecule has 0 unspecified atom stereocenters. The van der Waals surface area contributed by atoms with Crippen molar-refractivity contribution in [1.29, 1.82) is 5.26 Å². The van der Waals surface area contributed by atoms with Crippen LogP contribution in [-0.2, 0) is 19.1 Å². The zero-order chi connectivity index (χ0) is 30.4. The third kappa shape index (κ3) is 14.7. The first-order chi connectivity index (χ1) is 20.5. The second-order valence-electron chi connectivity index (χ2n) is 10.1. The number of hydrogen-bond donors (Lipinski definition) is 0. The summed E-state index contributed by atoms with van der Waals surface area (Å²) in [5.74, 6) is 0.785. The van der Waals surface area contributed by atoms with Crippen LogP contribution in [0.25, 0.3) is 0 Å². The number of nitrogens with zero attached hydrogens (tertiary/aromatic N) is 1. The topological polar surface area (TPSA) is 76.4 Å². The molecule has 0 saturated carbocycles. The van der Waals surface area contributed by atoms with Crippen molar-refractivity contribution in [3.05, 3.63) is 26.8 Å². The van der Waals surface area contributed by atoms with Gasteiger partial charge in [-0.1, -0.05) is 150 Å². The molecule has 42 heavy (non-hydrogen) atoms. The number of thioether (sulfide) groups is 6. The fourth-order valence-electron chi connectivity index (χ4n) is 4.37. The summed E-state index contributed by atoms with van der Waals surface area (Å²) in [6.45, 7) is 2.28. The number of carbonyl (C=O) groups excluding carboxylic acids is 2. The van der Waals surface area contributed by atoms with Crippen molar-refractivity contribution >= 4 is 82.5 Å². The van der Waals surface area contributed by atoms with E-state index in [2.05, 4.69) is 13.0 Å². The number of unbranched alkanes of at least 4 members (excludes halogenated alkanes) is 15. The molecule has 0 aromatic heterocycles. The summed E-state index contributed by atoms with van der Waals surface area (Å²) in [4.78, 5) is 25.1. The van der Waals surface area contributed by atoms with Gasteiger partial charge in [0.2, 0.25) is 0 Å². The molecule has 0 spiro atoms. The zero-order valence-corrected chi connectivity index (χ0v) is 30.4. The van der Waals surface area contributed by atoms with E-state index in [1.165, 1.54) is 149 Å². The first-order valence-corrected chi connectivity index (χ1v) is 20.5. The third-order valence-corrected chi connectivity index (χ3v) is 15.4. The van der Waals surface area contributed by atoms with Crippen LogP contribution in [0.3, 0.4) is 0 Å². The first-order valence-electron chi connectivity index (χ1n) is 15.3. The molecule has 236 valence electrons. The summed E-state index contributed by atoms with van der Waals surface area (Å²) in [5, 5.41) is 9.00. The van der Waals surface area contributed by atoms with E-state index >= 15 is 0 Å². The molecule has 2 aliphatic rings. The maximum atomic E-state index is 12.3. The van der Waals surface area contributed by atoms with E-state index in [-0.39, 0.29) is 9.81 Å². The summed E-state index contributed by atoms with van der Waals surface area (Å²) in [6.07, 6.45) is 22.4. The average molecular weight is 690 g/mol. The van der Waals surface area contributed by atoms with Crippen molar-refractivity contribution in [2.75, 3.05) is 25.7 Å². The molecular weight excluding hydrogens is 643 g/mol. The number of esters is 2. The highest BCUT2D eigenvalue weighted by molar-refractivity contribution is 8.42. The molecule has 2 rings (SSSR count). The lowest BCUT2D eigenvalue weighted by atomic mass is 10.0. The molecule has 0 aromatic rings. The Morgan fingerprint density at radius 3 is 1.40 bits per heavy atom. The molecule has 0 fully saturated rings. The van der Waals surface area contributed by atoms with E-state index in [0.717, 1.165) is 20.0 Å². The highest BCUT2D eigenvalue weighted by Gasteiger charge is 2.36. The van der Waals surface area contributed by atoms with Crippen molar-refractivity contribution in [3.8, 4) is 6.07 Å².